The summed E-state index contributed by atoms with van der Waals surface area (Å²) in [4.78, 5) is 12.9. The molecule has 2 aliphatic carbocycles. The molecule has 3 nitrogen and oxygen atoms in total. The normalized spacial score (nSPS) is 11.2. The molecule has 1 N–H and O–H groups in total. The number of benzene rings is 1. The Morgan fingerprint density at radius 3 is 2.31 bits per heavy atom. The second-order valence-electron chi connectivity index (χ2n) is 7.18. The van der Waals surface area contributed by atoms with Crippen molar-refractivity contribution in [2.45, 2.75) is 40.5 Å². The van der Waals surface area contributed by atoms with Crippen LogP contribution in [0.1, 0.15) is 52.4 Å². The number of ether oxygens (including phenoxy) is 1. The largest absolute Gasteiger partial charge is 0.508 e. The van der Waals surface area contributed by atoms with Gasteiger partial charge in [0.1, 0.15) is 11.5 Å². The van der Waals surface area contributed by atoms with E-state index in [0.717, 1.165) is 27.8 Å². The first-order valence-electron chi connectivity index (χ1n) is 8.83. The van der Waals surface area contributed by atoms with Crippen molar-refractivity contribution in [3.63, 3.8) is 0 Å². The molecule has 3 heteroatoms. The molecule has 0 amide bonds. The Morgan fingerprint density at radius 2 is 1.65 bits per heavy atom. The highest BCUT2D eigenvalue weighted by Crippen LogP contribution is 2.37. The fraction of sp³-hybridized carbons (Fsp3) is 0.261. The number of rotatable bonds is 3. The van der Waals surface area contributed by atoms with Gasteiger partial charge in [-0.05, 0) is 84.3 Å². The first kappa shape index (κ1) is 18.0. The maximum Gasteiger partial charge on any atom is 0.344 e. The summed E-state index contributed by atoms with van der Waals surface area (Å²) in [5, 5.41) is 9.53. The number of phenolic OH excluding ortho intramolecular Hbond substituents is 1. The number of esters is 1. The lowest BCUT2D eigenvalue weighted by molar-refractivity contribution is 0.0734. The molecule has 1 aromatic carbocycles. The van der Waals surface area contributed by atoms with Gasteiger partial charge in [-0.15, -0.1) is 0 Å². The van der Waals surface area contributed by atoms with E-state index in [0.29, 0.717) is 17.2 Å². The first-order chi connectivity index (χ1) is 12.3. The molecule has 26 heavy (non-hydrogen) atoms. The van der Waals surface area contributed by atoms with E-state index in [1.165, 1.54) is 11.6 Å². The van der Waals surface area contributed by atoms with Gasteiger partial charge in [-0.2, -0.15) is 0 Å². The third-order valence-corrected chi connectivity index (χ3v) is 4.80. The van der Waals surface area contributed by atoms with Crippen LogP contribution in [0.5, 0.6) is 11.5 Å². The van der Waals surface area contributed by atoms with E-state index in [2.05, 4.69) is 32.0 Å². The number of aromatic hydroxyl groups is 1. The maximum absolute atomic E-state index is 12.9. The van der Waals surface area contributed by atoms with Crippen molar-refractivity contribution in [2.75, 3.05) is 0 Å². The summed E-state index contributed by atoms with van der Waals surface area (Å²) in [6.07, 6.45) is 0. The highest BCUT2D eigenvalue weighted by molar-refractivity contribution is 6.02. The first-order valence-corrected chi connectivity index (χ1v) is 8.83. The Hall–Kier alpha value is -2.81. The molecule has 0 fully saturated rings. The minimum Gasteiger partial charge on any atom is -0.508 e. The number of carbonyl (C=O) groups excluding carboxylic acids is 1. The molecule has 2 aliphatic rings. The maximum atomic E-state index is 12.9. The predicted molar refractivity (Wildman–Crippen MR) is 104 cm³/mol. The highest BCUT2D eigenvalue weighted by Gasteiger charge is 2.23. The van der Waals surface area contributed by atoms with E-state index < -0.39 is 0 Å². The summed E-state index contributed by atoms with van der Waals surface area (Å²) < 4.78 is 5.62. The molecule has 3 rings (SSSR count). The number of carbonyl (C=O) groups is 1. The Kier molecular flexibility index (Phi) is 4.73. The van der Waals surface area contributed by atoms with Crippen molar-refractivity contribution in [2.24, 2.45) is 0 Å². The van der Waals surface area contributed by atoms with Gasteiger partial charge in [-0.3, -0.25) is 0 Å². The fourth-order valence-electron chi connectivity index (χ4n) is 3.26. The van der Waals surface area contributed by atoms with Crippen LogP contribution in [-0.4, -0.2) is 11.1 Å². The van der Waals surface area contributed by atoms with Crippen LogP contribution in [0.3, 0.4) is 0 Å². The fourth-order valence-corrected chi connectivity index (χ4v) is 3.26. The molecule has 0 spiro atoms. The van der Waals surface area contributed by atoms with Gasteiger partial charge in [0, 0.05) is 0 Å². The number of phenols is 1. The highest BCUT2D eigenvalue weighted by atomic mass is 16.5. The van der Waals surface area contributed by atoms with Crippen LogP contribution in [0.25, 0.3) is 11.1 Å². The molecule has 0 radical (unpaired) electrons. The average Bonchev–Trinajstić information content (AvgIpc) is 2.78. The van der Waals surface area contributed by atoms with Crippen LogP contribution in [0.15, 0.2) is 42.5 Å². The van der Waals surface area contributed by atoms with E-state index in [1.807, 2.05) is 19.9 Å². The minimum absolute atomic E-state index is 0.154. The van der Waals surface area contributed by atoms with Gasteiger partial charge < -0.3 is 9.84 Å². The zero-order valence-electron chi connectivity index (χ0n) is 15.9. The lowest BCUT2D eigenvalue weighted by atomic mass is 10.0. The number of hydrogen-bond donors (Lipinski definition) is 1. The van der Waals surface area contributed by atoms with Crippen molar-refractivity contribution in [3.05, 3.63) is 70.3 Å². The summed E-state index contributed by atoms with van der Waals surface area (Å²) in [6, 6.07) is 13.0. The van der Waals surface area contributed by atoms with E-state index in [9.17, 15) is 9.90 Å². The van der Waals surface area contributed by atoms with Crippen LogP contribution >= 0.6 is 0 Å². The monoisotopic (exact) mass is 348 g/mol. The van der Waals surface area contributed by atoms with E-state index in [1.54, 1.807) is 19.1 Å². The van der Waals surface area contributed by atoms with Gasteiger partial charge in [-0.1, -0.05) is 32.0 Å². The summed E-state index contributed by atoms with van der Waals surface area (Å²) in [5.74, 6) is 0.647. The standard InChI is InChI=1S/C23H24O3/c1-13(2)17-7-6-14(3)22-19(12-17)15(4)11-20(22)23(25)26-21-9-8-18(24)10-16(21)5/h6-13,24H,1-5H3. The van der Waals surface area contributed by atoms with Crippen LogP contribution in [0, 0.1) is 20.8 Å². The number of hydrogen-bond acceptors (Lipinski definition) is 3. The summed E-state index contributed by atoms with van der Waals surface area (Å²) >= 11 is 0. The van der Waals surface area contributed by atoms with Crippen molar-refractivity contribution in [3.8, 4) is 22.6 Å². The van der Waals surface area contributed by atoms with Crippen molar-refractivity contribution in [1.29, 1.82) is 0 Å². The van der Waals surface area contributed by atoms with Crippen LogP contribution in [0.4, 0.5) is 0 Å². The SMILES string of the molecule is Cc1cc(O)ccc1OC(=O)c1cc(C)c2cc(C(C)C)ccc(C)c1-2. The molecular weight excluding hydrogens is 324 g/mol. The molecule has 0 atom stereocenters. The molecule has 0 aromatic heterocycles. The summed E-state index contributed by atoms with van der Waals surface area (Å²) in [5.41, 5.74) is 6.68. The van der Waals surface area contributed by atoms with Crippen molar-refractivity contribution < 1.29 is 14.6 Å². The van der Waals surface area contributed by atoms with E-state index >= 15 is 0 Å². The second kappa shape index (κ2) is 6.83. The molecular formula is C23H24O3. The third-order valence-electron chi connectivity index (χ3n) is 4.80. The lowest BCUT2D eigenvalue weighted by Gasteiger charge is -2.09. The number of aryl methyl sites for hydroxylation is 3. The van der Waals surface area contributed by atoms with Crippen LogP contribution in [0.2, 0.25) is 0 Å². The smallest absolute Gasteiger partial charge is 0.344 e. The molecule has 0 bridgehead atoms. The zero-order valence-corrected chi connectivity index (χ0v) is 15.9. The Morgan fingerprint density at radius 1 is 0.923 bits per heavy atom. The molecule has 0 unspecified atom stereocenters. The van der Waals surface area contributed by atoms with E-state index in [4.69, 9.17) is 4.74 Å². The Balaban J connectivity index is 2.05. The van der Waals surface area contributed by atoms with Gasteiger partial charge in [-0.25, -0.2) is 4.79 Å². The Bertz CT molecular complexity index is 954. The molecule has 1 aromatic rings. The molecule has 0 saturated carbocycles. The molecule has 0 heterocycles. The molecule has 134 valence electrons. The summed E-state index contributed by atoms with van der Waals surface area (Å²) in [6.45, 7) is 10.2. The van der Waals surface area contributed by atoms with Crippen molar-refractivity contribution in [1.82, 2.24) is 0 Å². The third kappa shape index (κ3) is 3.30. The quantitative estimate of drug-likeness (QED) is 0.483. The molecule has 0 saturated heterocycles. The minimum atomic E-state index is -0.378. The van der Waals surface area contributed by atoms with Gasteiger partial charge in [0.2, 0.25) is 0 Å². The second-order valence-corrected chi connectivity index (χ2v) is 7.18. The van der Waals surface area contributed by atoms with Gasteiger partial charge in [0.05, 0.1) is 5.56 Å². The van der Waals surface area contributed by atoms with Crippen LogP contribution in [-0.2, 0) is 0 Å². The Labute approximate surface area is 154 Å². The average molecular weight is 348 g/mol. The predicted octanol–water partition coefficient (Wildman–Crippen LogP) is 5.76. The number of fused-ring (bicyclic) bond motifs is 1. The van der Waals surface area contributed by atoms with Gasteiger partial charge in [0.25, 0.3) is 0 Å². The van der Waals surface area contributed by atoms with Crippen molar-refractivity contribution >= 4 is 5.97 Å². The zero-order chi connectivity index (χ0) is 19.0. The topological polar surface area (TPSA) is 46.5 Å². The molecule has 0 aliphatic heterocycles. The van der Waals surface area contributed by atoms with Gasteiger partial charge in [0.15, 0.2) is 0 Å². The van der Waals surface area contributed by atoms with Gasteiger partial charge >= 0.3 is 5.97 Å². The lowest BCUT2D eigenvalue weighted by Crippen LogP contribution is -2.09. The van der Waals surface area contributed by atoms with E-state index in [-0.39, 0.29) is 11.7 Å². The van der Waals surface area contributed by atoms with Crippen LogP contribution < -0.4 is 4.74 Å². The summed E-state index contributed by atoms with van der Waals surface area (Å²) in [7, 11) is 0.